The highest BCUT2D eigenvalue weighted by Gasteiger charge is 2.15. The second-order valence-corrected chi connectivity index (χ2v) is 7.20. The molecule has 3 N–H and O–H groups in total. The van der Waals surface area contributed by atoms with Crippen molar-refractivity contribution in [3.8, 4) is 11.5 Å². The minimum atomic E-state index is -0.478. The summed E-state index contributed by atoms with van der Waals surface area (Å²) in [5.41, 5.74) is 6.62. The molecule has 0 spiro atoms. The van der Waals surface area contributed by atoms with Gasteiger partial charge in [0.2, 0.25) is 5.91 Å². The first-order valence-corrected chi connectivity index (χ1v) is 10.5. The van der Waals surface area contributed by atoms with Crippen LogP contribution in [0.2, 0.25) is 0 Å². The number of nitrogens with two attached hydrogens (primary N) is 1. The van der Waals surface area contributed by atoms with Crippen LogP contribution < -0.4 is 21.3 Å². The Morgan fingerprint density at radius 2 is 1.87 bits per heavy atom. The summed E-state index contributed by atoms with van der Waals surface area (Å²) in [7, 11) is 0. The van der Waals surface area contributed by atoms with Crippen molar-refractivity contribution in [1.29, 1.82) is 0 Å². The first-order chi connectivity index (χ1) is 15.0. The topological polar surface area (TPSA) is 95.6 Å². The van der Waals surface area contributed by atoms with E-state index >= 15 is 0 Å². The number of benzene rings is 2. The minimum absolute atomic E-state index is 0.129. The number of nitrogens with zero attached hydrogens (tertiary/aromatic N) is 1. The molecule has 31 heavy (non-hydrogen) atoms. The second-order valence-electron chi connectivity index (χ2n) is 7.20. The molecule has 7 nitrogen and oxygen atoms in total. The number of pyridine rings is 1. The Kier molecular flexibility index (Phi) is 7.81. The van der Waals surface area contributed by atoms with E-state index in [0.717, 1.165) is 16.7 Å². The van der Waals surface area contributed by atoms with E-state index in [-0.39, 0.29) is 12.1 Å². The van der Waals surface area contributed by atoms with Gasteiger partial charge in [0.1, 0.15) is 11.5 Å². The summed E-state index contributed by atoms with van der Waals surface area (Å²) in [6.45, 7) is 5.46. The maximum Gasteiger partial charge on any atom is 0.255 e. The maximum absolute atomic E-state index is 13.2. The fourth-order valence-electron chi connectivity index (χ4n) is 3.43. The molecule has 1 aromatic heterocycles. The summed E-state index contributed by atoms with van der Waals surface area (Å²) in [6.07, 6.45) is 0.557. The number of ether oxygens (including phenoxy) is 2. The molecule has 0 saturated carbocycles. The number of para-hydroxylation sites is 1. The predicted molar refractivity (Wildman–Crippen MR) is 121 cm³/mol. The molecule has 0 aliphatic rings. The molecule has 0 aliphatic carbocycles. The van der Waals surface area contributed by atoms with Gasteiger partial charge in [0.25, 0.3) is 5.56 Å². The lowest BCUT2D eigenvalue weighted by Crippen LogP contribution is -2.41. The van der Waals surface area contributed by atoms with E-state index in [0.29, 0.717) is 37.5 Å². The van der Waals surface area contributed by atoms with Crippen molar-refractivity contribution in [3.63, 3.8) is 0 Å². The van der Waals surface area contributed by atoms with Crippen LogP contribution >= 0.6 is 0 Å². The van der Waals surface area contributed by atoms with E-state index in [9.17, 15) is 9.59 Å². The van der Waals surface area contributed by atoms with Gasteiger partial charge in [-0.1, -0.05) is 25.1 Å². The zero-order chi connectivity index (χ0) is 22.2. The highest BCUT2D eigenvalue weighted by molar-refractivity contribution is 5.81. The normalized spacial score (nSPS) is 12.1. The Balaban J connectivity index is 1.97. The third-order valence-electron chi connectivity index (χ3n) is 5.08. The fraction of sp³-hybridized carbons (Fsp3) is 0.333. The molecule has 1 atom stereocenters. The molecular weight excluding hydrogens is 394 g/mol. The Hall–Kier alpha value is -3.16. The monoisotopic (exact) mass is 423 g/mol. The lowest BCUT2D eigenvalue weighted by atomic mass is 10.1. The Morgan fingerprint density at radius 3 is 2.55 bits per heavy atom. The molecule has 0 saturated heterocycles. The molecule has 0 radical (unpaired) electrons. The van der Waals surface area contributed by atoms with E-state index in [1.54, 1.807) is 4.57 Å². The molecule has 3 rings (SSSR count). The van der Waals surface area contributed by atoms with Crippen LogP contribution in [0.4, 0.5) is 0 Å². The number of carbonyl (C=O) groups excluding carboxylic acids is 1. The highest BCUT2D eigenvalue weighted by atomic mass is 16.5. The van der Waals surface area contributed by atoms with E-state index in [4.69, 9.17) is 15.2 Å². The summed E-state index contributed by atoms with van der Waals surface area (Å²) >= 11 is 0. The quantitative estimate of drug-likeness (QED) is 0.462. The predicted octanol–water partition coefficient (Wildman–Crippen LogP) is 3.18. The molecule has 2 aromatic carbocycles. The SMILES string of the molecule is CCOCCn1c(=O)c(CN[C@@H](CC)C(N)=O)cc2ccc(Oc3ccccc3)cc21. The Morgan fingerprint density at radius 1 is 1.10 bits per heavy atom. The molecule has 0 aliphatic heterocycles. The van der Waals surface area contributed by atoms with Gasteiger partial charge in [0, 0.05) is 31.3 Å². The summed E-state index contributed by atoms with van der Waals surface area (Å²) in [6, 6.07) is 16.5. The standard InChI is InChI=1S/C24H29N3O4/c1-3-21(23(25)28)26-16-18-14-17-10-11-20(31-19-8-6-5-7-9-19)15-22(17)27(24(18)29)12-13-30-4-2/h5-11,14-15,21,26H,3-4,12-13,16H2,1-2H3,(H2,25,28)/t21-/m0/s1. The van der Waals surface area contributed by atoms with Crippen LogP contribution in [0.3, 0.4) is 0 Å². The zero-order valence-electron chi connectivity index (χ0n) is 18.0. The number of hydrogen-bond donors (Lipinski definition) is 2. The molecule has 0 bridgehead atoms. The molecule has 3 aromatic rings. The van der Waals surface area contributed by atoms with Gasteiger partial charge in [-0.15, -0.1) is 0 Å². The van der Waals surface area contributed by atoms with E-state index in [2.05, 4.69) is 5.32 Å². The van der Waals surface area contributed by atoms with Crippen LogP contribution in [-0.4, -0.2) is 29.7 Å². The van der Waals surface area contributed by atoms with E-state index < -0.39 is 11.9 Å². The number of fused-ring (bicyclic) bond motifs is 1. The molecule has 164 valence electrons. The van der Waals surface area contributed by atoms with Gasteiger partial charge in [0.05, 0.1) is 18.2 Å². The Labute approximate surface area is 181 Å². The van der Waals surface area contributed by atoms with Crippen LogP contribution in [-0.2, 0) is 22.6 Å². The van der Waals surface area contributed by atoms with Crippen molar-refractivity contribution < 1.29 is 14.3 Å². The van der Waals surface area contributed by atoms with Crippen LogP contribution in [0.15, 0.2) is 59.4 Å². The molecule has 0 fully saturated rings. The first-order valence-electron chi connectivity index (χ1n) is 10.5. The molecular formula is C24H29N3O4. The van der Waals surface area contributed by atoms with Gasteiger partial charge in [-0.3, -0.25) is 9.59 Å². The van der Waals surface area contributed by atoms with Gasteiger partial charge in [-0.2, -0.15) is 0 Å². The summed E-state index contributed by atoms with van der Waals surface area (Å²) in [4.78, 5) is 24.8. The average molecular weight is 424 g/mol. The number of aromatic nitrogens is 1. The summed E-state index contributed by atoms with van der Waals surface area (Å²) < 4.78 is 13.1. The van der Waals surface area contributed by atoms with Crippen molar-refractivity contribution in [2.45, 2.75) is 39.4 Å². The first kappa shape index (κ1) is 22.5. The van der Waals surface area contributed by atoms with E-state index in [1.807, 2.05) is 68.4 Å². The molecule has 0 unspecified atom stereocenters. The van der Waals surface area contributed by atoms with Crippen molar-refractivity contribution in [2.24, 2.45) is 5.73 Å². The zero-order valence-corrected chi connectivity index (χ0v) is 18.0. The van der Waals surface area contributed by atoms with Gasteiger partial charge < -0.3 is 25.1 Å². The second kappa shape index (κ2) is 10.7. The number of nitrogens with one attached hydrogen (secondary N) is 1. The van der Waals surface area contributed by atoms with E-state index in [1.165, 1.54) is 0 Å². The van der Waals surface area contributed by atoms with Crippen molar-refractivity contribution in [1.82, 2.24) is 9.88 Å². The van der Waals surface area contributed by atoms with Gasteiger partial charge in [-0.25, -0.2) is 0 Å². The largest absolute Gasteiger partial charge is 0.457 e. The number of rotatable bonds is 11. The third kappa shape index (κ3) is 5.71. The summed E-state index contributed by atoms with van der Waals surface area (Å²) in [5.74, 6) is 0.944. The lowest BCUT2D eigenvalue weighted by Gasteiger charge is -2.17. The Bertz CT molecular complexity index is 1080. The third-order valence-corrected chi connectivity index (χ3v) is 5.08. The van der Waals surface area contributed by atoms with Crippen molar-refractivity contribution in [3.05, 3.63) is 70.5 Å². The summed E-state index contributed by atoms with van der Waals surface area (Å²) in [5, 5.41) is 3.99. The van der Waals surface area contributed by atoms with Gasteiger partial charge >= 0.3 is 0 Å². The lowest BCUT2D eigenvalue weighted by molar-refractivity contribution is -0.120. The van der Waals surface area contributed by atoms with Crippen molar-refractivity contribution >= 4 is 16.8 Å². The molecule has 1 heterocycles. The van der Waals surface area contributed by atoms with Crippen LogP contribution in [0, 0.1) is 0 Å². The number of amides is 1. The maximum atomic E-state index is 13.2. The molecule has 1 amide bonds. The van der Waals surface area contributed by atoms with Crippen LogP contribution in [0.5, 0.6) is 11.5 Å². The van der Waals surface area contributed by atoms with Gasteiger partial charge in [0.15, 0.2) is 0 Å². The molecule has 7 heteroatoms. The van der Waals surface area contributed by atoms with Crippen LogP contribution in [0.1, 0.15) is 25.8 Å². The minimum Gasteiger partial charge on any atom is -0.457 e. The van der Waals surface area contributed by atoms with Crippen molar-refractivity contribution in [2.75, 3.05) is 13.2 Å². The number of carbonyl (C=O) groups is 1. The fourth-order valence-corrected chi connectivity index (χ4v) is 3.43. The average Bonchev–Trinajstić information content (AvgIpc) is 2.77. The van der Waals surface area contributed by atoms with Crippen LogP contribution in [0.25, 0.3) is 10.9 Å². The highest BCUT2D eigenvalue weighted by Crippen LogP contribution is 2.25. The number of hydrogen-bond acceptors (Lipinski definition) is 5. The van der Waals surface area contributed by atoms with Gasteiger partial charge in [-0.05, 0) is 49.1 Å². The smallest absolute Gasteiger partial charge is 0.255 e. The number of primary amides is 1.